The first-order chi connectivity index (χ1) is 9.06. The van der Waals surface area contributed by atoms with E-state index in [0.717, 1.165) is 0 Å². The maximum atomic E-state index is 11.7. The molecule has 5 nitrogen and oxygen atoms in total. The molecule has 0 radical (unpaired) electrons. The second-order valence-electron chi connectivity index (χ2n) is 3.99. The van der Waals surface area contributed by atoms with Crippen LogP contribution in [-0.2, 0) is 4.74 Å². The van der Waals surface area contributed by atoms with Gasteiger partial charge < -0.3 is 14.4 Å². The summed E-state index contributed by atoms with van der Waals surface area (Å²) >= 11 is 0. The molecule has 0 unspecified atom stereocenters. The second kappa shape index (κ2) is 4.97. The molecule has 0 atom stereocenters. The van der Waals surface area contributed by atoms with E-state index in [4.69, 9.17) is 4.74 Å². The third-order valence-electron chi connectivity index (χ3n) is 2.88. The van der Waals surface area contributed by atoms with Gasteiger partial charge in [0.15, 0.2) is 5.75 Å². The van der Waals surface area contributed by atoms with Gasteiger partial charge in [-0.2, -0.15) is 0 Å². The molecule has 0 aliphatic carbocycles. The minimum absolute atomic E-state index is 0.331. The van der Waals surface area contributed by atoms with Crippen LogP contribution >= 0.6 is 0 Å². The number of carbonyl (C=O) groups excluding carboxylic acids is 1. The summed E-state index contributed by atoms with van der Waals surface area (Å²) in [6.07, 6.45) is 1.51. The molecule has 0 aliphatic rings. The number of esters is 1. The first kappa shape index (κ1) is 12.9. The molecule has 2 rings (SSSR count). The number of rotatable bonds is 2. The van der Waals surface area contributed by atoms with Crippen molar-refractivity contribution < 1.29 is 14.6 Å². The first-order valence-electron chi connectivity index (χ1n) is 5.65. The Kier molecular flexibility index (Phi) is 3.37. The van der Waals surface area contributed by atoms with Crippen molar-refractivity contribution in [2.75, 3.05) is 7.11 Å². The smallest absolute Gasteiger partial charge is 0.339 e. The lowest BCUT2D eigenvalue weighted by Crippen LogP contribution is -2.12. The van der Waals surface area contributed by atoms with Crippen molar-refractivity contribution in [1.82, 2.24) is 4.57 Å². The van der Waals surface area contributed by atoms with Crippen molar-refractivity contribution in [3.63, 3.8) is 0 Å². The van der Waals surface area contributed by atoms with Gasteiger partial charge in [-0.25, -0.2) is 4.79 Å². The van der Waals surface area contributed by atoms with Crippen LogP contribution in [0.25, 0.3) is 5.69 Å². The summed E-state index contributed by atoms with van der Waals surface area (Å²) in [6.45, 7) is 1.60. The standard InChI is InChI=1S/C14H13NO4/c1-9-13(17)12(16)7-8-15(9)11-6-4-3-5-10(11)14(18)19-2/h3-8,17H,1-2H3. The molecule has 5 heteroatoms. The van der Waals surface area contributed by atoms with E-state index >= 15 is 0 Å². The lowest BCUT2D eigenvalue weighted by Gasteiger charge is -2.14. The monoisotopic (exact) mass is 259 g/mol. The van der Waals surface area contributed by atoms with Crippen LogP contribution in [0.2, 0.25) is 0 Å². The van der Waals surface area contributed by atoms with Gasteiger partial charge in [0, 0.05) is 12.3 Å². The minimum Gasteiger partial charge on any atom is -0.503 e. The van der Waals surface area contributed by atoms with Gasteiger partial charge in [-0.3, -0.25) is 4.79 Å². The Morgan fingerprint density at radius 1 is 1.26 bits per heavy atom. The highest BCUT2D eigenvalue weighted by atomic mass is 16.5. The molecule has 2 aromatic rings. The molecule has 1 aromatic heterocycles. The molecule has 0 aliphatic heterocycles. The fraction of sp³-hybridized carbons (Fsp3) is 0.143. The number of benzene rings is 1. The Bertz CT molecular complexity index is 688. The number of hydrogen-bond donors (Lipinski definition) is 1. The SMILES string of the molecule is COC(=O)c1ccccc1-n1ccc(=O)c(O)c1C. The van der Waals surface area contributed by atoms with Crippen molar-refractivity contribution in [3.8, 4) is 11.4 Å². The molecule has 1 heterocycles. The van der Waals surface area contributed by atoms with E-state index in [0.29, 0.717) is 16.9 Å². The van der Waals surface area contributed by atoms with E-state index < -0.39 is 11.4 Å². The van der Waals surface area contributed by atoms with Gasteiger partial charge in [0.25, 0.3) is 0 Å². The lowest BCUT2D eigenvalue weighted by atomic mass is 10.1. The summed E-state index contributed by atoms with van der Waals surface area (Å²) in [4.78, 5) is 23.1. The molecule has 98 valence electrons. The van der Waals surface area contributed by atoms with Crippen LogP contribution in [0, 0.1) is 6.92 Å². The summed E-state index contributed by atoms with van der Waals surface area (Å²) in [5.74, 6) is -0.810. The summed E-state index contributed by atoms with van der Waals surface area (Å²) in [6, 6.07) is 8.05. The van der Waals surface area contributed by atoms with Crippen molar-refractivity contribution in [1.29, 1.82) is 0 Å². The number of hydrogen-bond acceptors (Lipinski definition) is 4. The third-order valence-corrected chi connectivity index (χ3v) is 2.88. The van der Waals surface area contributed by atoms with Gasteiger partial charge in [-0.1, -0.05) is 12.1 Å². The Morgan fingerprint density at radius 2 is 1.95 bits per heavy atom. The Labute approximate surface area is 109 Å². The topological polar surface area (TPSA) is 68.5 Å². The first-order valence-corrected chi connectivity index (χ1v) is 5.65. The average Bonchev–Trinajstić information content (AvgIpc) is 2.44. The Balaban J connectivity index is 2.70. The molecular weight excluding hydrogens is 246 g/mol. The molecule has 0 fully saturated rings. The molecule has 0 bridgehead atoms. The van der Waals surface area contributed by atoms with Crippen LogP contribution in [0.5, 0.6) is 5.75 Å². The van der Waals surface area contributed by atoms with E-state index in [1.807, 2.05) is 0 Å². The van der Waals surface area contributed by atoms with Crippen LogP contribution in [0.15, 0.2) is 41.3 Å². The predicted octanol–water partition coefficient (Wildman–Crippen LogP) is 1.64. The van der Waals surface area contributed by atoms with E-state index in [-0.39, 0.29) is 5.75 Å². The van der Waals surface area contributed by atoms with E-state index in [1.165, 1.54) is 19.4 Å². The van der Waals surface area contributed by atoms with Crippen LogP contribution in [-0.4, -0.2) is 22.8 Å². The van der Waals surface area contributed by atoms with Crippen LogP contribution < -0.4 is 5.43 Å². The highest BCUT2D eigenvalue weighted by Gasteiger charge is 2.14. The van der Waals surface area contributed by atoms with Crippen LogP contribution in [0.3, 0.4) is 0 Å². The van der Waals surface area contributed by atoms with Crippen LogP contribution in [0.1, 0.15) is 16.1 Å². The number of pyridine rings is 1. The van der Waals surface area contributed by atoms with Crippen molar-refractivity contribution in [3.05, 3.63) is 58.0 Å². The zero-order chi connectivity index (χ0) is 14.0. The molecule has 0 spiro atoms. The van der Waals surface area contributed by atoms with Crippen molar-refractivity contribution >= 4 is 5.97 Å². The van der Waals surface area contributed by atoms with Gasteiger partial charge in [-0.05, 0) is 19.1 Å². The van der Waals surface area contributed by atoms with Crippen molar-refractivity contribution in [2.45, 2.75) is 6.92 Å². The number of aromatic hydroxyl groups is 1. The highest BCUT2D eigenvalue weighted by molar-refractivity contribution is 5.93. The molecule has 0 saturated carbocycles. The van der Waals surface area contributed by atoms with Gasteiger partial charge in [0.2, 0.25) is 5.43 Å². The molecule has 0 amide bonds. The number of methoxy groups -OCH3 is 1. The number of aromatic nitrogens is 1. The summed E-state index contributed by atoms with van der Waals surface area (Å²) in [7, 11) is 1.30. The molecular formula is C14H13NO4. The Hall–Kier alpha value is -2.56. The number of nitrogens with zero attached hydrogens (tertiary/aromatic N) is 1. The zero-order valence-corrected chi connectivity index (χ0v) is 10.6. The fourth-order valence-corrected chi connectivity index (χ4v) is 1.85. The van der Waals surface area contributed by atoms with Gasteiger partial charge in [-0.15, -0.1) is 0 Å². The van der Waals surface area contributed by atoms with Gasteiger partial charge in [0.05, 0.1) is 24.1 Å². The summed E-state index contributed by atoms with van der Waals surface area (Å²) in [5.41, 5.74) is 0.812. The summed E-state index contributed by atoms with van der Waals surface area (Å²) in [5, 5.41) is 9.69. The maximum Gasteiger partial charge on any atom is 0.339 e. The molecule has 1 N–H and O–H groups in total. The van der Waals surface area contributed by atoms with E-state index in [1.54, 1.807) is 35.8 Å². The number of ether oxygens (including phenoxy) is 1. The lowest BCUT2D eigenvalue weighted by molar-refractivity contribution is 0.0600. The third kappa shape index (κ3) is 2.22. The van der Waals surface area contributed by atoms with E-state index in [9.17, 15) is 14.7 Å². The molecule has 1 aromatic carbocycles. The average molecular weight is 259 g/mol. The molecule has 0 saturated heterocycles. The highest BCUT2D eigenvalue weighted by Crippen LogP contribution is 2.20. The summed E-state index contributed by atoms with van der Waals surface area (Å²) < 4.78 is 6.29. The Morgan fingerprint density at radius 3 is 2.63 bits per heavy atom. The minimum atomic E-state index is -0.479. The van der Waals surface area contributed by atoms with E-state index in [2.05, 4.69) is 0 Å². The number of carbonyl (C=O) groups is 1. The van der Waals surface area contributed by atoms with Gasteiger partial charge >= 0.3 is 5.97 Å². The van der Waals surface area contributed by atoms with Gasteiger partial charge in [0.1, 0.15) is 0 Å². The van der Waals surface area contributed by atoms with Crippen molar-refractivity contribution in [2.24, 2.45) is 0 Å². The largest absolute Gasteiger partial charge is 0.503 e. The predicted molar refractivity (Wildman–Crippen MR) is 69.8 cm³/mol. The number of para-hydroxylation sites is 1. The van der Waals surface area contributed by atoms with Crippen LogP contribution in [0.4, 0.5) is 0 Å². The fourth-order valence-electron chi connectivity index (χ4n) is 1.85. The second-order valence-corrected chi connectivity index (χ2v) is 3.99. The quantitative estimate of drug-likeness (QED) is 0.832. The zero-order valence-electron chi connectivity index (χ0n) is 10.6. The molecule has 19 heavy (non-hydrogen) atoms. The normalized spacial score (nSPS) is 10.2. The maximum absolute atomic E-state index is 11.7.